The molecule has 2 saturated heterocycles. The Hall–Kier alpha value is -2.45. The molecule has 0 spiro atoms. The molecular formula is C23H32N6OS. The Morgan fingerprint density at radius 2 is 1.65 bits per heavy atom. The van der Waals surface area contributed by atoms with Gasteiger partial charge in [0.05, 0.1) is 19.3 Å². The Morgan fingerprint density at radius 1 is 1.03 bits per heavy atom. The number of anilines is 3. The van der Waals surface area contributed by atoms with Gasteiger partial charge in [0, 0.05) is 32.2 Å². The van der Waals surface area contributed by atoms with Gasteiger partial charge in [-0.2, -0.15) is 9.97 Å². The molecule has 0 aliphatic carbocycles. The Balaban J connectivity index is 1.51. The highest BCUT2D eigenvalue weighted by Crippen LogP contribution is 2.26. The van der Waals surface area contributed by atoms with Crippen molar-refractivity contribution in [3.05, 3.63) is 42.0 Å². The summed E-state index contributed by atoms with van der Waals surface area (Å²) in [6, 6.07) is 12.5. The average Bonchev–Trinajstić information content (AvgIpc) is 2.80. The third-order valence-electron chi connectivity index (χ3n) is 6.01. The Labute approximate surface area is 190 Å². The second-order valence-corrected chi connectivity index (χ2v) is 8.82. The van der Waals surface area contributed by atoms with E-state index in [0.29, 0.717) is 11.1 Å². The number of benzene rings is 1. The molecule has 8 heteroatoms. The first-order valence-electron chi connectivity index (χ1n) is 11.2. The number of aromatic nitrogens is 2. The maximum atomic E-state index is 5.58. The third kappa shape index (κ3) is 5.83. The smallest absolute Gasteiger partial charge is 0.232 e. The van der Waals surface area contributed by atoms with Crippen molar-refractivity contribution in [2.45, 2.75) is 32.7 Å². The van der Waals surface area contributed by atoms with Crippen LogP contribution in [0.3, 0.4) is 0 Å². The van der Waals surface area contributed by atoms with E-state index >= 15 is 0 Å². The van der Waals surface area contributed by atoms with Gasteiger partial charge in [0.1, 0.15) is 11.6 Å². The number of ether oxygens (including phenoxy) is 1. The average molecular weight is 441 g/mol. The van der Waals surface area contributed by atoms with Gasteiger partial charge in [-0.25, -0.2) is 0 Å². The van der Waals surface area contributed by atoms with Gasteiger partial charge in [-0.05, 0) is 43.5 Å². The summed E-state index contributed by atoms with van der Waals surface area (Å²) in [5.74, 6) is 3.19. The number of nitrogens with one attached hydrogen (secondary N) is 2. The van der Waals surface area contributed by atoms with Crippen LogP contribution in [-0.2, 0) is 4.74 Å². The highest BCUT2D eigenvalue weighted by molar-refractivity contribution is 7.80. The van der Waals surface area contributed by atoms with Crippen molar-refractivity contribution in [1.82, 2.24) is 15.3 Å². The number of morpholine rings is 1. The minimum Gasteiger partial charge on any atom is -0.378 e. The van der Waals surface area contributed by atoms with E-state index in [1.165, 1.54) is 18.4 Å². The zero-order valence-corrected chi connectivity index (χ0v) is 19.2. The first kappa shape index (κ1) is 21.8. The second-order valence-electron chi connectivity index (χ2n) is 8.41. The van der Waals surface area contributed by atoms with Crippen molar-refractivity contribution >= 4 is 34.9 Å². The lowest BCUT2D eigenvalue weighted by atomic mass is 9.99. The van der Waals surface area contributed by atoms with Gasteiger partial charge >= 0.3 is 0 Å². The van der Waals surface area contributed by atoms with Gasteiger partial charge in [0.15, 0.2) is 5.11 Å². The van der Waals surface area contributed by atoms with E-state index < -0.39 is 0 Å². The van der Waals surface area contributed by atoms with E-state index in [1.807, 2.05) is 18.2 Å². The normalized spacial score (nSPS) is 18.5. The van der Waals surface area contributed by atoms with Crippen molar-refractivity contribution in [3.63, 3.8) is 0 Å². The van der Waals surface area contributed by atoms with Crippen LogP contribution in [0.5, 0.6) is 0 Å². The monoisotopic (exact) mass is 440 g/mol. The minimum atomic E-state index is 0.0895. The van der Waals surface area contributed by atoms with Crippen LogP contribution in [0.15, 0.2) is 36.4 Å². The summed E-state index contributed by atoms with van der Waals surface area (Å²) in [7, 11) is 0. The summed E-state index contributed by atoms with van der Waals surface area (Å²) in [6.45, 7) is 9.56. The summed E-state index contributed by atoms with van der Waals surface area (Å²) in [6.07, 6.45) is 2.38. The molecule has 4 rings (SSSR count). The molecule has 1 atom stereocenters. The van der Waals surface area contributed by atoms with Crippen molar-refractivity contribution in [1.29, 1.82) is 0 Å². The van der Waals surface area contributed by atoms with Crippen LogP contribution < -0.4 is 20.4 Å². The molecule has 2 fully saturated rings. The molecule has 31 heavy (non-hydrogen) atoms. The molecule has 3 heterocycles. The number of hydrogen-bond donors (Lipinski definition) is 2. The van der Waals surface area contributed by atoms with Gasteiger partial charge < -0.3 is 25.2 Å². The van der Waals surface area contributed by atoms with E-state index in [0.717, 1.165) is 56.9 Å². The first-order chi connectivity index (χ1) is 15.1. The lowest BCUT2D eigenvalue weighted by Gasteiger charge is -2.33. The predicted molar refractivity (Wildman–Crippen MR) is 130 cm³/mol. The topological polar surface area (TPSA) is 65.6 Å². The summed E-state index contributed by atoms with van der Waals surface area (Å²) >= 11 is 5.58. The zero-order chi connectivity index (χ0) is 21.6. The third-order valence-corrected chi connectivity index (χ3v) is 6.23. The number of thiocarbonyl (C=S) groups is 1. The van der Waals surface area contributed by atoms with Crippen LogP contribution in [0.4, 0.5) is 17.6 Å². The Kier molecular flexibility index (Phi) is 7.19. The molecule has 2 N–H and O–H groups in total. The van der Waals surface area contributed by atoms with Crippen LogP contribution in [0.2, 0.25) is 0 Å². The number of piperidine rings is 1. The van der Waals surface area contributed by atoms with Crippen molar-refractivity contribution in [3.8, 4) is 0 Å². The van der Waals surface area contributed by atoms with Crippen LogP contribution in [0, 0.1) is 5.92 Å². The van der Waals surface area contributed by atoms with Gasteiger partial charge in [-0.1, -0.05) is 37.3 Å². The molecule has 2 aliphatic rings. The summed E-state index contributed by atoms with van der Waals surface area (Å²) in [5, 5.41) is 7.09. The SMILES string of the molecule is CC1CCN(c2cc(N3CCOCC3)nc(NC(=S)N[C@@H](C)c3ccccc3)n2)CC1. The van der Waals surface area contributed by atoms with E-state index in [9.17, 15) is 0 Å². The van der Waals surface area contributed by atoms with Gasteiger partial charge in [-0.15, -0.1) is 0 Å². The summed E-state index contributed by atoms with van der Waals surface area (Å²) in [4.78, 5) is 14.2. The molecule has 0 saturated carbocycles. The number of hydrogen-bond acceptors (Lipinski definition) is 6. The van der Waals surface area contributed by atoms with Gasteiger partial charge in [0.2, 0.25) is 5.95 Å². The van der Waals surface area contributed by atoms with Crippen LogP contribution in [0.1, 0.15) is 38.3 Å². The molecule has 0 unspecified atom stereocenters. The standard InChI is InChI=1S/C23H32N6OS/c1-17-8-10-28(11-9-17)20-16-21(29-12-14-30-15-13-29)26-22(25-20)27-23(31)24-18(2)19-6-4-3-5-7-19/h3-7,16-18H,8-15H2,1-2H3,(H2,24,25,26,27,31)/t18-/m0/s1. The molecule has 1 aromatic carbocycles. The Bertz CT molecular complexity index is 866. The van der Waals surface area contributed by atoms with E-state index in [1.54, 1.807) is 0 Å². The van der Waals surface area contributed by atoms with E-state index in [-0.39, 0.29) is 6.04 Å². The maximum absolute atomic E-state index is 5.58. The van der Waals surface area contributed by atoms with Gasteiger partial charge in [-0.3, -0.25) is 0 Å². The largest absolute Gasteiger partial charge is 0.378 e. The first-order valence-corrected chi connectivity index (χ1v) is 11.6. The zero-order valence-electron chi connectivity index (χ0n) is 18.4. The minimum absolute atomic E-state index is 0.0895. The van der Waals surface area contributed by atoms with Gasteiger partial charge in [0.25, 0.3) is 0 Å². The van der Waals surface area contributed by atoms with Crippen molar-refractivity contribution in [2.24, 2.45) is 5.92 Å². The highest BCUT2D eigenvalue weighted by atomic mass is 32.1. The summed E-state index contributed by atoms with van der Waals surface area (Å²) in [5.41, 5.74) is 1.18. The fourth-order valence-electron chi connectivity index (χ4n) is 3.99. The molecule has 0 radical (unpaired) electrons. The molecule has 2 aliphatic heterocycles. The summed E-state index contributed by atoms with van der Waals surface area (Å²) < 4.78 is 5.52. The molecule has 7 nitrogen and oxygen atoms in total. The molecule has 0 bridgehead atoms. The predicted octanol–water partition coefficient (Wildman–Crippen LogP) is 3.60. The van der Waals surface area contributed by atoms with Crippen LogP contribution in [0.25, 0.3) is 0 Å². The van der Waals surface area contributed by atoms with Crippen molar-refractivity contribution < 1.29 is 4.74 Å². The lowest BCUT2D eigenvalue weighted by Crippen LogP contribution is -2.38. The highest BCUT2D eigenvalue weighted by Gasteiger charge is 2.21. The molecular weight excluding hydrogens is 408 g/mol. The Morgan fingerprint density at radius 3 is 2.29 bits per heavy atom. The van der Waals surface area contributed by atoms with Crippen molar-refractivity contribution in [2.75, 3.05) is 54.5 Å². The fourth-order valence-corrected chi connectivity index (χ4v) is 4.26. The second kappa shape index (κ2) is 10.2. The maximum Gasteiger partial charge on any atom is 0.232 e. The van der Waals surface area contributed by atoms with Crippen LogP contribution >= 0.6 is 12.2 Å². The molecule has 1 aromatic heterocycles. The molecule has 0 amide bonds. The van der Waals surface area contributed by atoms with E-state index in [2.05, 4.69) is 52.5 Å². The molecule has 166 valence electrons. The van der Waals surface area contributed by atoms with E-state index in [4.69, 9.17) is 26.9 Å². The quantitative estimate of drug-likeness (QED) is 0.684. The lowest BCUT2D eigenvalue weighted by molar-refractivity contribution is 0.122. The molecule has 2 aromatic rings. The fraction of sp³-hybridized carbons (Fsp3) is 0.522. The van der Waals surface area contributed by atoms with Crippen LogP contribution in [-0.4, -0.2) is 54.5 Å². The number of rotatable bonds is 5. The number of nitrogens with zero attached hydrogens (tertiary/aromatic N) is 4.